The Bertz CT molecular complexity index is 989. The van der Waals surface area contributed by atoms with Crippen LogP contribution in [-0.4, -0.2) is 26.3 Å². The van der Waals surface area contributed by atoms with E-state index in [-0.39, 0.29) is 12.2 Å². The van der Waals surface area contributed by atoms with Gasteiger partial charge in [0, 0.05) is 23.4 Å². The number of benzene rings is 1. The van der Waals surface area contributed by atoms with Gasteiger partial charge in [-0.1, -0.05) is 17.7 Å². The van der Waals surface area contributed by atoms with E-state index in [0.29, 0.717) is 18.4 Å². The molecular formula is C20H25N3O2. The Kier molecular flexibility index (Phi) is 4.52. The minimum absolute atomic E-state index is 0.0715. The van der Waals surface area contributed by atoms with Crippen molar-refractivity contribution in [3.63, 3.8) is 0 Å². The van der Waals surface area contributed by atoms with Crippen LogP contribution in [0.1, 0.15) is 40.1 Å². The molecule has 0 amide bonds. The summed E-state index contributed by atoms with van der Waals surface area (Å²) < 4.78 is 1.48. The molecule has 3 rings (SSSR count). The number of H-pyrrole nitrogens is 1. The number of rotatable bonds is 4. The minimum Gasteiger partial charge on any atom is -0.396 e. The standard InChI is InChI=1S/C20H25N3O2/c1-11-9-12(2)17(13(3)10-11)18-15(5)22-23-19(18)21-14(4)16(20(23)25)7-6-8-24/h9-10,21,24H,6-8H2,1-5H3. The van der Waals surface area contributed by atoms with Gasteiger partial charge in [0.15, 0.2) is 0 Å². The molecule has 1 aromatic carbocycles. The highest BCUT2D eigenvalue weighted by Gasteiger charge is 2.20. The third-order valence-electron chi connectivity index (χ3n) is 4.78. The van der Waals surface area contributed by atoms with Gasteiger partial charge in [-0.05, 0) is 64.2 Å². The lowest BCUT2D eigenvalue weighted by Crippen LogP contribution is -2.22. The molecule has 0 saturated heterocycles. The van der Waals surface area contributed by atoms with Crippen molar-refractivity contribution in [3.8, 4) is 11.1 Å². The van der Waals surface area contributed by atoms with Crippen LogP contribution in [0.5, 0.6) is 0 Å². The predicted molar refractivity (Wildman–Crippen MR) is 100 cm³/mol. The van der Waals surface area contributed by atoms with Crippen LogP contribution in [-0.2, 0) is 6.42 Å². The third kappa shape index (κ3) is 2.89. The lowest BCUT2D eigenvalue weighted by molar-refractivity contribution is 0.288. The molecule has 2 aromatic heterocycles. The smallest absolute Gasteiger partial charge is 0.277 e. The zero-order valence-electron chi connectivity index (χ0n) is 15.5. The summed E-state index contributed by atoms with van der Waals surface area (Å²) in [4.78, 5) is 16.3. The van der Waals surface area contributed by atoms with E-state index in [2.05, 4.69) is 43.0 Å². The number of nitrogens with one attached hydrogen (secondary N) is 1. The van der Waals surface area contributed by atoms with Crippen molar-refractivity contribution in [3.05, 3.63) is 56.1 Å². The van der Waals surface area contributed by atoms with Crippen LogP contribution in [0, 0.1) is 34.6 Å². The number of aryl methyl sites for hydroxylation is 5. The van der Waals surface area contributed by atoms with Crippen molar-refractivity contribution in [2.24, 2.45) is 0 Å². The molecule has 0 spiro atoms. The maximum absolute atomic E-state index is 12.9. The van der Waals surface area contributed by atoms with E-state index >= 15 is 0 Å². The first-order valence-corrected chi connectivity index (χ1v) is 8.65. The van der Waals surface area contributed by atoms with E-state index in [9.17, 15) is 4.79 Å². The fourth-order valence-corrected chi connectivity index (χ4v) is 3.75. The summed E-state index contributed by atoms with van der Waals surface area (Å²) in [5.74, 6) is 0. The number of aromatic nitrogens is 3. The molecule has 3 aromatic rings. The van der Waals surface area contributed by atoms with Crippen LogP contribution in [0.4, 0.5) is 0 Å². The number of aliphatic hydroxyl groups excluding tert-OH is 1. The van der Waals surface area contributed by atoms with Gasteiger partial charge in [0.25, 0.3) is 5.56 Å². The maximum atomic E-state index is 12.9. The number of aliphatic hydroxyl groups is 1. The predicted octanol–water partition coefficient (Wildman–Crippen LogP) is 3.16. The molecule has 0 bridgehead atoms. The molecule has 132 valence electrons. The maximum Gasteiger partial charge on any atom is 0.277 e. The summed E-state index contributed by atoms with van der Waals surface area (Å²) in [6.45, 7) is 10.2. The molecule has 0 radical (unpaired) electrons. The molecule has 2 heterocycles. The van der Waals surface area contributed by atoms with Gasteiger partial charge in [0.1, 0.15) is 5.65 Å². The Hall–Kier alpha value is -2.40. The molecule has 0 fully saturated rings. The zero-order valence-corrected chi connectivity index (χ0v) is 15.5. The Morgan fingerprint density at radius 2 is 1.72 bits per heavy atom. The van der Waals surface area contributed by atoms with Gasteiger partial charge in [-0.3, -0.25) is 4.79 Å². The van der Waals surface area contributed by atoms with Gasteiger partial charge in [-0.25, -0.2) is 0 Å². The van der Waals surface area contributed by atoms with Crippen LogP contribution >= 0.6 is 0 Å². The zero-order chi connectivity index (χ0) is 18.3. The van der Waals surface area contributed by atoms with Gasteiger partial charge in [0.05, 0.1) is 5.69 Å². The van der Waals surface area contributed by atoms with Crippen molar-refractivity contribution >= 4 is 5.65 Å². The molecule has 2 N–H and O–H groups in total. The number of fused-ring (bicyclic) bond motifs is 1. The average molecular weight is 339 g/mol. The van der Waals surface area contributed by atoms with Gasteiger partial charge in [0.2, 0.25) is 0 Å². The Morgan fingerprint density at radius 3 is 2.32 bits per heavy atom. The summed E-state index contributed by atoms with van der Waals surface area (Å²) in [6.07, 6.45) is 1.11. The second-order valence-corrected chi connectivity index (χ2v) is 6.86. The van der Waals surface area contributed by atoms with Gasteiger partial charge >= 0.3 is 0 Å². The van der Waals surface area contributed by atoms with Crippen LogP contribution < -0.4 is 5.56 Å². The molecule has 5 heteroatoms. The quantitative estimate of drug-likeness (QED) is 0.767. The van der Waals surface area contributed by atoms with Crippen molar-refractivity contribution < 1.29 is 5.11 Å². The molecule has 0 aliphatic heterocycles. The molecule has 25 heavy (non-hydrogen) atoms. The van der Waals surface area contributed by atoms with Gasteiger partial charge < -0.3 is 10.1 Å². The molecular weight excluding hydrogens is 314 g/mol. The van der Waals surface area contributed by atoms with Crippen LogP contribution in [0.3, 0.4) is 0 Å². The monoisotopic (exact) mass is 339 g/mol. The average Bonchev–Trinajstić information content (AvgIpc) is 2.83. The number of hydrogen-bond donors (Lipinski definition) is 2. The second kappa shape index (κ2) is 6.48. The first-order chi connectivity index (χ1) is 11.8. The highest BCUT2D eigenvalue weighted by atomic mass is 16.3. The number of hydrogen-bond acceptors (Lipinski definition) is 3. The summed E-state index contributed by atoms with van der Waals surface area (Å²) in [6, 6.07) is 4.32. The Labute approximate surface area is 147 Å². The molecule has 0 saturated carbocycles. The van der Waals surface area contributed by atoms with Gasteiger partial charge in [-0.15, -0.1) is 0 Å². The minimum atomic E-state index is -0.100. The molecule has 0 unspecified atom stereocenters. The van der Waals surface area contributed by atoms with Gasteiger partial charge in [-0.2, -0.15) is 9.61 Å². The van der Waals surface area contributed by atoms with Crippen LogP contribution in [0.25, 0.3) is 16.8 Å². The van der Waals surface area contributed by atoms with Crippen molar-refractivity contribution in [2.75, 3.05) is 6.61 Å². The van der Waals surface area contributed by atoms with E-state index in [1.165, 1.54) is 21.2 Å². The lowest BCUT2D eigenvalue weighted by atomic mass is 9.94. The van der Waals surface area contributed by atoms with E-state index in [1.807, 2.05) is 13.8 Å². The number of aromatic amines is 1. The van der Waals surface area contributed by atoms with Crippen LogP contribution in [0.2, 0.25) is 0 Å². The summed E-state index contributed by atoms with van der Waals surface area (Å²) in [7, 11) is 0. The first-order valence-electron chi connectivity index (χ1n) is 8.65. The fraction of sp³-hybridized carbons (Fsp3) is 0.400. The van der Waals surface area contributed by atoms with E-state index < -0.39 is 0 Å². The lowest BCUT2D eigenvalue weighted by Gasteiger charge is -2.12. The highest BCUT2D eigenvalue weighted by Crippen LogP contribution is 2.33. The van der Waals surface area contributed by atoms with E-state index in [4.69, 9.17) is 5.11 Å². The topological polar surface area (TPSA) is 70.4 Å². The fourth-order valence-electron chi connectivity index (χ4n) is 3.75. The normalized spacial score (nSPS) is 11.4. The van der Waals surface area contributed by atoms with Crippen molar-refractivity contribution in [1.82, 2.24) is 14.6 Å². The summed E-state index contributed by atoms with van der Waals surface area (Å²) in [5.41, 5.74) is 8.71. The highest BCUT2D eigenvalue weighted by molar-refractivity contribution is 5.84. The second-order valence-electron chi connectivity index (χ2n) is 6.86. The van der Waals surface area contributed by atoms with Crippen molar-refractivity contribution in [2.45, 2.75) is 47.5 Å². The van der Waals surface area contributed by atoms with Crippen molar-refractivity contribution in [1.29, 1.82) is 0 Å². The summed E-state index contributed by atoms with van der Waals surface area (Å²) >= 11 is 0. The Morgan fingerprint density at radius 1 is 1.08 bits per heavy atom. The first kappa shape index (κ1) is 17.4. The third-order valence-corrected chi connectivity index (χ3v) is 4.78. The van der Waals surface area contributed by atoms with Crippen LogP contribution in [0.15, 0.2) is 16.9 Å². The summed E-state index contributed by atoms with van der Waals surface area (Å²) in [5, 5.41) is 13.6. The molecule has 5 nitrogen and oxygen atoms in total. The SMILES string of the molecule is Cc1cc(C)c(-c2c(C)nn3c(=O)c(CCCO)c(C)[nH]c23)c(C)c1. The number of nitrogens with zero attached hydrogens (tertiary/aromatic N) is 2. The van der Waals surface area contributed by atoms with E-state index in [1.54, 1.807) is 0 Å². The molecule has 0 atom stereocenters. The Balaban J connectivity index is 2.32. The van der Waals surface area contributed by atoms with E-state index in [0.717, 1.165) is 28.2 Å². The molecule has 0 aliphatic rings. The largest absolute Gasteiger partial charge is 0.396 e. The molecule has 0 aliphatic carbocycles.